The average molecular weight is 439 g/mol. The number of carbonyl (C=O) groups is 2. The van der Waals surface area contributed by atoms with Gasteiger partial charge < -0.3 is 10.1 Å². The van der Waals surface area contributed by atoms with Crippen molar-refractivity contribution < 1.29 is 14.3 Å². The van der Waals surface area contributed by atoms with Crippen molar-refractivity contribution in [3.8, 4) is 5.75 Å². The van der Waals surface area contributed by atoms with Crippen LogP contribution in [0, 0.1) is 0 Å². The first-order valence-electron chi connectivity index (χ1n) is 10.1. The summed E-state index contributed by atoms with van der Waals surface area (Å²) in [5.41, 5.74) is 3.60. The quantitative estimate of drug-likeness (QED) is 0.434. The van der Waals surface area contributed by atoms with Crippen molar-refractivity contribution in [1.82, 2.24) is 0 Å². The molecule has 0 aromatic heterocycles. The zero-order chi connectivity index (χ0) is 21.8. The summed E-state index contributed by atoms with van der Waals surface area (Å²) in [7, 11) is 0. The normalized spacial score (nSPS) is 17.8. The van der Waals surface area contributed by atoms with Gasteiger partial charge in [-0.25, -0.2) is 4.99 Å². The fourth-order valence-corrected chi connectivity index (χ4v) is 4.41. The van der Waals surface area contributed by atoms with Gasteiger partial charge >= 0.3 is 0 Å². The topological polar surface area (TPSA) is 67.8 Å². The Morgan fingerprint density at radius 3 is 2.31 bits per heavy atom. The number of allylic oxidation sites excluding steroid dienone is 2. The summed E-state index contributed by atoms with van der Waals surface area (Å²) in [6.07, 6.45) is 4.80. The van der Waals surface area contributed by atoms with E-state index < -0.39 is 6.10 Å². The molecule has 0 spiro atoms. The van der Waals surface area contributed by atoms with Gasteiger partial charge in [0.1, 0.15) is 11.4 Å². The Labute approximate surface area is 188 Å². The predicted molar refractivity (Wildman–Crippen MR) is 124 cm³/mol. The lowest BCUT2D eigenvalue weighted by atomic mass is 9.81. The van der Waals surface area contributed by atoms with Crippen LogP contribution >= 0.6 is 11.6 Å². The highest BCUT2D eigenvalue weighted by atomic mass is 35.5. The maximum atomic E-state index is 13.6. The van der Waals surface area contributed by atoms with Crippen LogP contribution in [-0.2, 0) is 0 Å². The highest BCUT2D eigenvalue weighted by Gasteiger charge is 2.38. The van der Waals surface area contributed by atoms with Crippen LogP contribution in [0.4, 0.5) is 17.1 Å². The molecular formula is C26H15ClN2O3. The molecule has 0 amide bonds. The summed E-state index contributed by atoms with van der Waals surface area (Å²) in [6, 6.07) is 18.1. The Hall–Kier alpha value is -3.96. The van der Waals surface area contributed by atoms with Gasteiger partial charge in [0.2, 0.25) is 0 Å². The van der Waals surface area contributed by atoms with Crippen molar-refractivity contribution in [2.45, 2.75) is 6.10 Å². The lowest BCUT2D eigenvalue weighted by Crippen LogP contribution is -2.30. The number of rotatable bonds is 2. The molecule has 2 aliphatic carbocycles. The van der Waals surface area contributed by atoms with Crippen molar-refractivity contribution in [2.24, 2.45) is 4.99 Å². The van der Waals surface area contributed by atoms with Gasteiger partial charge in [-0.15, -0.1) is 0 Å². The maximum absolute atomic E-state index is 13.6. The Morgan fingerprint density at radius 1 is 0.875 bits per heavy atom. The number of carbonyl (C=O) groups excluding carboxylic acids is 2. The van der Waals surface area contributed by atoms with Crippen molar-refractivity contribution in [1.29, 1.82) is 0 Å². The van der Waals surface area contributed by atoms with Gasteiger partial charge in [-0.3, -0.25) is 9.59 Å². The third-order valence-corrected chi connectivity index (χ3v) is 5.95. The van der Waals surface area contributed by atoms with Crippen LogP contribution in [0.1, 0.15) is 31.8 Å². The third-order valence-electron chi connectivity index (χ3n) is 5.70. The predicted octanol–water partition coefficient (Wildman–Crippen LogP) is 5.73. The Bertz CT molecular complexity index is 1420. The first-order valence-corrected chi connectivity index (χ1v) is 10.5. The lowest BCUT2D eigenvalue weighted by Gasteiger charge is -2.29. The first-order chi connectivity index (χ1) is 15.6. The van der Waals surface area contributed by atoms with Crippen LogP contribution in [0.5, 0.6) is 5.75 Å². The lowest BCUT2D eigenvalue weighted by molar-refractivity contribution is 0.0979. The summed E-state index contributed by atoms with van der Waals surface area (Å²) in [6.45, 7) is 0. The Kier molecular flexibility index (Phi) is 4.13. The van der Waals surface area contributed by atoms with Gasteiger partial charge in [-0.2, -0.15) is 0 Å². The number of nitrogens with zero attached hydrogens (tertiary/aromatic N) is 1. The molecule has 0 fully saturated rings. The molecule has 3 aromatic rings. The van der Waals surface area contributed by atoms with Gasteiger partial charge in [0.15, 0.2) is 17.7 Å². The van der Waals surface area contributed by atoms with Crippen LogP contribution < -0.4 is 10.1 Å². The number of aliphatic imine (C=N–C) groups is 1. The molecule has 0 radical (unpaired) electrons. The molecule has 1 unspecified atom stereocenters. The number of ether oxygens (including phenoxy) is 1. The zero-order valence-electron chi connectivity index (χ0n) is 16.6. The van der Waals surface area contributed by atoms with E-state index in [1.807, 2.05) is 30.3 Å². The van der Waals surface area contributed by atoms with Gasteiger partial charge in [0.25, 0.3) is 0 Å². The molecule has 6 heteroatoms. The second-order valence-corrected chi connectivity index (χ2v) is 8.11. The minimum Gasteiger partial charge on any atom is -0.478 e. The molecule has 0 bridgehead atoms. The van der Waals surface area contributed by atoms with Crippen molar-refractivity contribution in [3.63, 3.8) is 0 Å². The van der Waals surface area contributed by atoms with Crippen LogP contribution in [0.15, 0.2) is 88.9 Å². The van der Waals surface area contributed by atoms with E-state index in [2.05, 4.69) is 5.32 Å². The van der Waals surface area contributed by atoms with E-state index in [1.54, 1.807) is 48.6 Å². The molecule has 154 valence electrons. The molecule has 1 heterocycles. The molecule has 0 saturated carbocycles. The van der Waals surface area contributed by atoms with E-state index in [0.29, 0.717) is 44.6 Å². The summed E-state index contributed by atoms with van der Waals surface area (Å²) in [5, 5.41) is 3.84. The number of benzene rings is 3. The van der Waals surface area contributed by atoms with E-state index in [0.717, 1.165) is 5.69 Å². The zero-order valence-corrected chi connectivity index (χ0v) is 17.4. The second kappa shape index (κ2) is 7.04. The molecule has 0 saturated heterocycles. The van der Waals surface area contributed by atoms with E-state index >= 15 is 0 Å². The number of anilines is 2. The number of fused-ring (bicyclic) bond motifs is 5. The fourth-order valence-electron chi connectivity index (χ4n) is 4.24. The fraction of sp³-hybridized carbons (Fsp3) is 0.0385. The molecule has 3 aromatic carbocycles. The van der Waals surface area contributed by atoms with Crippen molar-refractivity contribution in [2.75, 3.05) is 5.32 Å². The average Bonchev–Trinajstić information content (AvgIpc) is 2.81. The van der Waals surface area contributed by atoms with Gasteiger partial charge in [0, 0.05) is 27.9 Å². The third kappa shape index (κ3) is 2.82. The highest BCUT2D eigenvalue weighted by Crippen LogP contribution is 2.46. The first kappa shape index (κ1) is 18.8. The van der Waals surface area contributed by atoms with E-state index in [4.69, 9.17) is 21.3 Å². The molecule has 5 nitrogen and oxygen atoms in total. The summed E-state index contributed by atoms with van der Waals surface area (Å²) in [4.78, 5) is 31.9. The Morgan fingerprint density at radius 2 is 1.56 bits per heavy atom. The molecule has 1 N–H and O–H groups in total. The smallest absolute Gasteiger partial charge is 0.196 e. The standard InChI is InChI=1S/C26H15ClN2O3/c27-14-10-11-18-20(12-14)32-21-13-19(28-15-6-2-1-3-7-15)22-23(24(21)29-18)26(31)17-9-5-4-8-16(17)25(22)30/h1-13,20,28H. The van der Waals surface area contributed by atoms with Crippen LogP contribution in [0.2, 0.25) is 0 Å². The number of ketones is 2. The summed E-state index contributed by atoms with van der Waals surface area (Å²) < 4.78 is 6.18. The summed E-state index contributed by atoms with van der Waals surface area (Å²) in [5.74, 6) is -0.0451. The number of para-hydroxylation sites is 1. The number of hydrogen-bond donors (Lipinski definition) is 1. The van der Waals surface area contributed by atoms with Gasteiger partial charge in [0.05, 0.1) is 22.5 Å². The number of nitrogens with one attached hydrogen (secondary N) is 1. The molecule has 1 aliphatic heterocycles. The minimum absolute atomic E-state index is 0.221. The van der Waals surface area contributed by atoms with E-state index in [9.17, 15) is 9.59 Å². The van der Waals surface area contributed by atoms with Crippen LogP contribution in [-0.4, -0.2) is 23.4 Å². The van der Waals surface area contributed by atoms with E-state index in [1.165, 1.54) is 0 Å². The molecule has 6 rings (SSSR count). The minimum atomic E-state index is -0.454. The second-order valence-electron chi connectivity index (χ2n) is 7.68. The van der Waals surface area contributed by atoms with Gasteiger partial charge in [-0.05, 0) is 30.4 Å². The summed E-state index contributed by atoms with van der Waals surface area (Å²) >= 11 is 6.14. The van der Waals surface area contributed by atoms with Gasteiger partial charge in [-0.1, -0.05) is 54.1 Å². The van der Waals surface area contributed by atoms with E-state index in [-0.39, 0.29) is 17.1 Å². The largest absolute Gasteiger partial charge is 0.478 e. The SMILES string of the molecule is O=C1c2ccccc2C(=O)c2c3c(cc(Nc4ccccc4)c21)OC1C=C(Cl)C=CC1=N3. The van der Waals surface area contributed by atoms with Crippen molar-refractivity contribution >= 4 is 45.9 Å². The molecule has 3 aliphatic rings. The number of halogens is 1. The highest BCUT2D eigenvalue weighted by molar-refractivity contribution is 6.33. The van der Waals surface area contributed by atoms with Crippen molar-refractivity contribution in [3.05, 3.63) is 106 Å². The maximum Gasteiger partial charge on any atom is 0.196 e. The monoisotopic (exact) mass is 438 g/mol. The van der Waals surface area contributed by atoms with Crippen LogP contribution in [0.3, 0.4) is 0 Å². The molecular weight excluding hydrogens is 424 g/mol. The molecule has 32 heavy (non-hydrogen) atoms. The Balaban J connectivity index is 1.61. The van der Waals surface area contributed by atoms with Crippen LogP contribution in [0.25, 0.3) is 0 Å². The number of hydrogen-bond acceptors (Lipinski definition) is 5. The molecule has 1 atom stereocenters.